The van der Waals surface area contributed by atoms with Crippen molar-refractivity contribution in [2.45, 2.75) is 25.9 Å². The Morgan fingerprint density at radius 2 is 2.00 bits per heavy atom. The second-order valence-corrected chi connectivity index (χ2v) is 5.86. The molecule has 0 aliphatic carbocycles. The van der Waals surface area contributed by atoms with E-state index in [0.717, 1.165) is 24.1 Å². The summed E-state index contributed by atoms with van der Waals surface area (Å²) in [5.41, 5.74) is 2.31. The van der Waals surface area contributed by atoms with Gasteiger partial charge in [-0.1, -0.05) is 18.2 Å². The van der Waals surface area contributed by atoms with Crippen LogP contribution in [0.15, 0.2) is 42.6 Å². The number of benzene rings is 1. The van der Waals surface area contributed by atoms with Gasteiger partial charge in [0.05, 0.1) is 12.7 Å². The van der Waals surface area contributed by atoms with Crippen LogP contribution in [-0.4, -0.2) is 36.6 Å². The van der Waals surface area contributed by atoms with Crippen LogP contribution in [0.1, 0.15) is 29.3 Å². The van der Waals surface area contributed by atoms with Crippen molar-refractivity contribution in [1.29, 1.82) is 0 Å². The number of anilines is 1. The first kappa shape index (κ1) is 17.0. The highest BCUT2D eigenvalue weighted by Crippen LogP contribution is 2.27. The fourth-order valence-electron chi connectivity index (χ4n) is 2.88. The lowest BCUT2D eigenvalue weighted by Gasteiger charge is -2.31. The van der Waals surface area contributed by atoms with Crippen LogP contribution in [0.3, 0.4) is 0 Å². The molecule has 1 aromatic carbocycles. The van der Waals surface area contributed by atoms with E-state index in [9.17, 15) is 9.59 Å². The van der Waals surface area contributed by atoms with Gasteiger partial charge < -0.3 is 14.4 Å². The number of methoxy groups -OCH3 is 1. The topological polar surface area (TPSA) is 68.7 Å². The zero-order valence-corrected chi connectivity index (χ0v) is 14.3. The number of carbonyl (C=O) groups is 2. The number of carbonyl (C=O) groups excluding carboxylic acids is 2. The molecule has 0 saturated heterocycles. The van der Waals surface area contributed by atoms with E-state index in [-0.39, 0.29) is 11.5 Å². The van der Waals surface area contributed by atoms with Gasteiger partial charge in [-0.15, -0.1) is 0 Å². The summed E-state index contributed by atoms with van der Waals surface area (Å²) in [7, 11) is 1.50. The number of hydrogen-bond donors (Lipinski definition) is 0. The Hall–Kier alpha value is -2.89. The number of aryl methyl sites for hydroxylation is 1. The molecular formula is C19H20N2O4. The van der Waals surface area contributed by atoms with E-state index in [4.69, 9.17) is 9.47 Å². The molecule has 1 atom stereocenters. The van der Waals surface area contributed by atoms with Gasteiger partial charge in [0.15, 0.2) is 6.10 Å². The molecule has 0 saturated carbocycles. The smallest absolute Gasteiger partial charge is 0.340 e. The number of rotatable bonds is 4. The first-order chi connectivity index (χ1) is 12.1. The Morgan fingerprint density at radius 3 is 2.72 bits per heavy atom. The lowest BCUT2D eigenvalue weighted by atomic mass is 10.0. The number of ether oxygens (including phenoxy) is 2. The molecule has 1 unspecified atom stereocenters. The van der Waals surface area contributed by atoms with Crippen LogP contribution in [0, 0.1) is 0 Å². The highest BCUT2D eigenvalue weighted by molar-refractivity contribution is 5.99. The maximum Gasteiger partial charge on any atom is 0.340 e. The summed E-state index contributed by atoms with van der Waals surface area (Å²) < 4.78 is 10.3. The van der Waals surface area contributed by atoms with E-state index < -0.39 is 12.1 Å². The average Bonchev–Trinajstić information content (AvgIpc) is 2.67. The van der Waals surface area contributed by atoms with Gasteiger partial charge in [-0.3, -0.25) is 4.79 Å². The van der Waals surface area contributed by atoms with Crippen LogP contribution in [0.4, 0.5) is 5.69 Å². The maximum atomic E-state index is 12.7. The second-order valence-electron chi connectivity index (χ2n) is 5.86. The van der Waals surface area contributed by atoms with Crippen molar-refractivity contribution < 1.29 is 19.1 Å². The standard InChI is InChI=1S/C19H20N2O4/c1-13(25-19(23)15-9-10-17(24-2)20-12-15)18(22)21-11-5-7-14-6-3-4-8-16(14)21/h3-4,6,8-10,12-13H,5,7,11H2,1-2H3. The zero-order chi connectivity index (χ0) is 17.8. The predicted octanol–water partition coefficient (Wildman–Crippen LogP) is 2.61. The van der Waals surface area contributed by atoms with Gasteiger partial charge >= 0.3 is 5.97 Å². The molecule has 2 aromatic rings. The fourth-order valence-corrected chi connectivity index (χ4v) is 2.88. The Labute approximate surface area is 146 Å². The van der Waals surface area contributed by atoms with Gasteiger partial charge in [0.1, 0.15) is 0 Å². The first-order valence-electron chi connectivity index (χ1n) is 8.20. The Bertz CT molecular complexity index is 773. The maximum absolute atomic E-state index is 12.7. The molecule has 0 spiro atoms. The van der Waals surface area contributed by atoms with E-state index >= 15 is 0 Å². The zero-order valence-electron chi connectivity index (χ0n) is 14.3. The van der Waals surface area contributed by atoms with Crippen LogP contribution in [0.5, 0.6) is 5.88 Å². The van der Waals surface area contributed by atoms with E-state index in [1.54, 1.807) is 24.0 Å². The largest absolute Gasteiger partial charge is 0.481 e. The summed E-state index contributed by atoms with van der Waals surface area (Å²) in [5, 5.41) is 0. The molecule has 130 valence electrons. The Kier molecular flexibility index (Phi) is 4.97. The van der Waals surface area contributed by atoms with Gasteiger partial charge in [0, 0.05) is 24.5 Å². The highest BCUT2D eigenvalue weighted by Gasteiger charge is 2.28. The quantitative estimate of drug-likeness (QED) is 0.800. The van der Waals surface area contributed by atoms with Crippen molar-refractivity contribution >= 4 is 17.6 Å². The molecule has 1 amide bonds. The third-order valence-electron chi connectivity index (χ3n) is 4.19. The van der Waals surface area contributed by atoms with Crippen LogP contribution < -0.4 is 9.64 Å². The van der Waals surface area contributed by atoms with Crippen molar-refractivity contribution in [3.63, 3.8) is 0 Å². The van der Waals surface area contributed by atoms with Crippen molar-refractivity contribution in [3.8, 4) is 5.88 Å². The summed E-state index contributed by atoms with van der Waals surface area (Å²) in [4.78, 5) is 30.6. The Morgan fingerprint density at radius 1 is 1.20 bits per heavy atom. The molecule has 6 heteroatoms. The minimum absolute atomic E-state index is 0.220. The number of nitrogens with zero attached hydrogens (tertiary/aromatic N) is 2. The van der Waals surface area contributed by atoms with Crippen LogP contribution in [0.2, 0.25) is 0 Å². The summed E-state index contributed by atoms with van der Waals surface area (Å²) in [5.74, 6) is -0.395. The van der Waals surface area contributed by atoms with Crippen molar-refractivity contribution in [2.24, 2.45) is 0 Å². The van der Waals surface area contributed by atoms with Gasteiger partial charge in [-0.05, 0) is 37.5 Å². The van der Waals surface area contributed by atoms with Gasteiger partial charge in [-0.2, -0.15) is 0 Å². The van der Waals surface area contributed by atoms with E-state index in [1.807, 2.05) is 24.3 Å². The lowest BCUT2D eigenvalue weighted by Crippen LogP contribution is -2.42. The highest BCUT2D eigenvalue weighted by atomic mass is 16.5. The normalized spacial score (nSPS) is 14.4. The summed E-state index contributed by atoms with van der Waals surface area (Å²) in [6, 6.07) is 10.9. The van der Waals surface area contributed by atoms with Crippen molar-refractivity contribution in [3.05, 3.63) is 53.7 Å². The molecule has 1 aliphatic rings. The fraction of sp³-hybridized carbons (Fsp3) is 0.316. The van der Waals surface area contributed by atoms with E-state index in [2.05, 4.69) is 4.98 Å². The van der Waals surface area contributed by atoms with Gasteiger partial charge in [-0.25, -0.2) is 9.78 Å². The van der Waals surface area contributed by atoms with Gasteiger partial charge in [0.2, 0.25) is 5.88 Å². The molecule has 0 bridgehead atoms. The number of pyridine rings is 1. The summed E-state index contributed by atoms with van der Waals surface area (Å²) in [6.07, 6.45) is 2.34. The Balaban J connectivity index is 1.69. The van der Waals surface area contributed by atoms with Crippen LogP contribution in [0.25, 0.3) is 0 Å². The number of aromatic nitrogens is 1. The molecule has 1 aliphatic heterocycles. The molecule has 6 nitrogen and oxygen atoms in total. The monoisotopic (exact) mass is 340 g/mol. The van der Waals surface area contributed by atoms with Crippen LogP contribution >= 0.6 is 0 Å². The molecular weight excluding hydrogens is 320 g/mol. The van der Waals surface area contributed by atoms with E-state index in [1.165, 1.54) is 13.3 Å². The third kappa shape index (κ3) is 3.63. The molecule has 0 N–H and O–H groups in total. The SMILES string of the molecule is COc1ccc(C(=O)OC(C)C(=O)N2CCCc3ccccc32)cn1. The molecule has 0 fully saturated rings. The molecule has 0 radical (unpaired) electrons. The minimum atomic E-state index is -0.874. The number of hydrogen-bond acceptors (Lipinski definition) is 5. The van der Waals surface area contributed by atoms with Crippen molar-refractivity contribution in [2.75, 3.05) is 18.6 Å². The average molecular weight is 340 g/mol. The molecule has 3 rings (SSSR count). The molecule has 2 heterocycles. The summed E-state index contributed by atoms with van der Waals surface area (Å²) >= 11 is 0. The molecule has 25 heavy (non-hydrogen) atoms. The number of para-hydroxylation sites is 1. The molecule has 1 aromatic heterocycles. The number of esters is 1. The first-order valence-corrected chi connectivity index (χ1v) is 8.20. The minimum Gasteiger partial charge on any atom is -0.481 e. The van der Waals surface area contributed by atoms with E-state index in [0.29, 0.717) is 12.4 Å². The second kappa shape index (κ2) is 7.34. The number of fused-ring (bicyclic) bond motifs is 1. The van der Waals surface area contributed by atoms with Crippen LogP contribution in [-0.2, 0) is 16.0 Å². The predicted molar refractivity (Wildman–Crippen MR) is 92.8 cm³/mol. The van der Waals surface area contributed by atoms with Crippen molar-refractivity contribution in [1.82, 2.24) is 4.98 Å². The lowest BCUT2D eigenvalue weighted by molar-refractivity contribution is -0.126. The number of amides is 1. The third-order valence-corrected chi connectivity index (χ3v) is 4.19. The summed E-state index contributed by atoms with van der Waals surface area (Å²) in [6.45, 7) is 2.22. The van der Waals surface area contributed by atoms with Gasteiger partial charge in [0.25, 0.3) is 5.91 Å².